The highest BCUT2D eigenvalue weighted by atomic mass is 32.2. The summed E-state index contributed by atoms with van der Waals surface area (Å²) in [7, 11) is -3.03. The maximum atomic E-state index is 11.7. The Bertz CT molecular complexity index is 544. The lowest BCUT2D eigenvalue weighted by Gasteiger charge is -2.23. The quantitative estimate of drug-likeness (QED) is 0.830. The molecule has 0 radical (unpaired) electrons. The fourth-order valence-electron chi connectivity index (χ4n) is 1.98. The van der Waals surface area contributed by atoms with Crippen LogP contribution < -0.4 is 10.6 Å². The molecule has 0 saturated carbocycles. The molecule has 0 bridgehead atoms. The van der Waals surface area contributed by atoms with Crippen LogP contribution in [0.15, 0.2) is 24.5 Å². The lowest BCUT2D eigenvalue weighted by atomic mass is 10.0. The molecule has 0 aromatic carbocycles. The van der Waals surface area contributed by atoms with Gasteiger partial charge in [0.25, 0.3) is 0 Å². The summed E-state index contributed by atoms with van der Waals surface area (Å²) in [5.41, 5.74) is -0.120. The number of urea groups is 1. The third-order valence-corrected chi connectivity index (χ3v) is 4.74. The number of rotatable bonds is 2. The van der Waals surface area contributed by atoms with Gasteiger partial charge in [-0.15, -0.1) is 0 Å². The number of sulfone groups is 1. The second-order valence-electron chi connectivity index (χ2n) is 4.72. The second-order valence-corrected chi connectivity index (χ2v) is 6.91. The highest BCUT2D eigenvalue weighted by Gasteiger charge is 2.39. The van der Waals surface area contributed by atoms with Gasteiger partial charge in [-0.05, 0) is 25.5 Å². The number of aromatic nitrogens is 1. The van der Waals surface area contributed by atoms with Crippen molar-refractivity contribution in [3.05, 3.63) is 24.5 Å². The average Bonchev–Trinajstić information content (AvgIpc) is 2.53. The van der Waals surface area contributed by atoms with Crippen molar-refractivity contribution in [2.75, 3.05) is 16.8 Å². The van der Waals surface area contributed by atoms with Gasteiger partial charge in [0.1, 0.15) is 0 Å². The monoisotopic (exact) mass is 269 g/mol. The van der Waals surface area contributed by atoms with E-state index in [4.69, 9.17) is 0 Å². The highest BCUT2D eigenvalue weighted by molar-refractivity contribution is 7.91. The number of nitrogens with zero attached hydrogens (tertiary/aromatic N) is 1. The molecular weight excluding hydrogens is 254 g/mol. The smallest absolute Gasteiger partial charge is 0.319 e. The molecule has 1 aromatic heterocycles. The number of amides is 2. The van der Waals surface area contributed by atoms with Crippen LogP contribution in [0.3, 0.4) is 0 Å². The zero-order valence-electron chi connectivity index (χ0n) is 10.0. The first-order valence-corrected chi connectivity index (χ1v) is 7.40. The summed E-state index contributed by atoms with van der Waals surface area (Å²) in [4.78, 5) is 15.6. The van der Waals surface area contributed by atoms with Gasteiger partial charge in [-0.2, -0.15) is 0 Å². The topological polar surface area (TPSA) is 88.2 Å². The number of hydrogen-bond acceptors (Lipinski definition) is 4. The van der Waals surface area contributed by atoms with E-state index in [0.717, 1.165) is 0 Å². The lowest BCUT2D eigenvalue weighted by molar-refractivity contribution is 0.242. The summed E-state index contributed by atoms with van der Waals surface area (Å²) < 4.78 is 22.8. The van der Waals surface area contributed by atoms with Crippen molar-refractivity contribution in [2.24, 2.45) is 0 Å². The summed E-state index contributed by atoms with van der Waals surface area (Å²) >= 11 is 0. The Morgan fingerprint density at radius 1 is 1.50 bits per heavy atom. The fourth-order valence-corrected chi connectivity index (χ4v) is 4.08. The third kappa shape index (κ3) is 3.19. The van der Waals surface area contributed by atoms with Gasteiger partial charge in [-0.1, -0.05) is 0 Å². The van der Waals surface area contributed by atoms with Crippen molar-refractivity contribution in [3.8, 4) is 0 Å². The van der Waals surface area contributed by atoms with Crippen LogP contribution in [-0.4, -0.2) is 36.5 Å². The molecule has 98 valence electrons. The SMILES string of the molecule is CC1(NC(=O)Nc2cccnc2)CCS(=O)(=O)C1. The predicted octanol–water partition coefficient (Wildman–Crippen LogP) is 0.780. The van der Waals surface area contributed by atoms with Crippen LogP contribution in [0.25, 0.3) is 0 Å². The number of carbonyl (C=O) groups excluding carboxylic acids is 1. The first-order valence-electron chi connectivity index (χ1n) is 5.58. The van der Waals surface area contributed by atoms with E-state index in [1.54, 1.807) is 25.3 Å². The van der Waals surface area contributed by atoms with E-state index in [-0.39, 0.29) is 11.5 Å². The van der Waals surface area contributed by atoms with Crippen LogP contribution in [-0.2, 0) is 9.84 Å². The molecule has 0 spiro atoms. The zero-order chi connectivity index (χ0) is 13.2. The largest absolute Gasteiger partial charge is 0.332 e. The van der Waals surface area contributed by atoms with Crippen LogP contribution in [0.2, 0.25) is 0 Å². The molecule has 2 heterocycles. The van der Waals surface area contributed by atoms with E-state index in [2.05, 4.69) is 15.6 Å². The molecule has 1 aromatic rings. The Morgan fingerprint density at radius 2 is 2.28 bits per heavy atom. The van der Waals surface area contributed by atoms with Gasteiger partial charge < -0.3 is 10.6 Å². The van der Waals surface area contributed by atoms with E-state index in [1.165, 1.54) is 6.20 Å². The van der Waals surface area contributed by atoms with E-state index in [0.29, 0.717) is 12.1 Å². The number of carbonyl (C=O) groups is 1. The van der Waals surface area contributed by atoms with E-state index < -0.39 is 21.4 Å². The molecule has 1 unspecified atom stereocenters. The zero-order valence-corrected chi connectivity index (χ0v) is 10.8. The van der Waals surface area contributed by atoms with Gasteiger partial charge in [-0.3, -0.25) is 4.98 Å². The Balaban J connectivity index is 1.96. The summed E-state index contributed by atoms with van der Waals surface area (Å²) in [6, 6.07) is 3.00. The average molecular weight is 269 g/mol. The van der Waals surface area contributed by atoms with E-state index >= 15 is 0 Å². The molecule has 18 heavy (non-hydrogen) atoms. The van der Waals surface area contributed by atoms with Gasteiger partial charge in [0.15, 0.2) is 9.84 Å². The summed E-state index contributed by atoms with van der Waals surface area (Å²) in [5.74, 6) is 0.108. The molecule has 2 amide bonds. The summed E-state index contributed by atoms with van der Waals surface area (Å²) in [6.07, 6.45) is 3.57. The first kappa shape index (κ1) is 12.8. The molecule has 1 saturated heterocycles. The van der Waals surface area contributed by atoms with E-state index in [9.17, 15) is 13.2 Å². The summed E-state index contributed by atoms with van der Waals surface area (Å²) in [6.45, 7) is 1.74. The first-order chi connectivity index (χ1) is 8.39. The van der Waals surface area contributed by atoms with Crippen LogP contribution in [0, 0.1) is 0 Å². The number of hydrogen-bond donors (Lipinski definition) is 2. The standard InChI is InChI=1S/C11H15N3O3S/c1-11(4-6-18(16,17)8-11)14-10(15)13-9-3-2-5-12-7-9/h2-3,5,7H,4,6,8H2,1H3,(H2,13,14,15). The van der Waals surface area contributed by atoms with Crippen molar-refractivity contribution in [1.29, 1.82) is 0 Å². The van der Waals surface area contributed by atoms with Crippen molar-refractivity contribution in [1.82, 2.24) is 10.3 Å². The molecule has 0 aliphatic carbocycles. The van der Waals surface area contributed by atoms with Crippen molar-refractivity contribution in [2.45, 2.75) is 18.9 Å². The Labute approximate surface area is 106 Å². The Kier molecular flexibility index (Phi) is 3.25. The molecule has 2 rings (SSSR count). The van der Waals surface area contributed by atoms with Crippen LogP contribution >= 0.6 is 0 Å². The molecular formula is C11H15N3O3S. The summed E-state index contributed by atoms with van der Waals surface area (Å²) in [5, 5.41) is 5.32. The molecule has 1 atom stereocenters. The van der Waals surface area contributed by atoms with Gasteiger partial charge in [-0.25, -0.2) is 13.2 Å². The normalized spacial score (nSPS) is 25.6. The second kappa shape index (κ2) is 4.56. The van der Waals surface area contributed by atoms with Crippen molar-refractivity contribution in [3.63, 3.8) is 0 Å². The van der Waals surface area contributed by atoms with Gasteiger partial charge in [0.2, 0.25) is 0 Å². The number of anilines is 1. The Morgan fingerprint density at radius 3 is 2.83 bits per heavy atom. The minimum Gasteiger partial charge on any atom is -0.332 e. The maximum absolute atomic E-state index is 11.7. The van der Waals surface area contributed by atoms with E-state index in [1.807, 2.05) is 0 Å². The number of pyridine rings is 1. The molecule has 6 nitrogen and oxygen atoms in total. The maximum Gasteiger partial charge on any atom is 0.319 e. The number of nitrogens with one attached hydrogen (secondary N) is 2. The predicted molar refractivity (Wildman–Crippen MR) is 68.1 cm³/mol. The minimum atomic E-state index is -3.03. The van der Waals surface area contributed by atoms with Crippen LogP contribution in [0.5, 0.6) is 0 Å². The van der Waals surface area contributed by atoms with Crippen LogP contribution in [0.4, 0.5) is 10.5 Å². The van der Waals surface area contributed by atoms with Crippen molar-refractivity contribution < 1.29 is 13.2 Å². The minimum absolute atomic E-state index is 0.0134. The van der Waals surface area contributed by atoms with Crippen LogP contribution in [0.1, 0.15) is 13.3 Å². The molecule has 7 heteroatoms. The Hall–Kier alpha value is -1.63. The van der Waals surface area contributed by atoms with Gasteiger partial charge in [0.05, 0.1) is 28.9 Å². The lowest BCUT2D eigenvalue weighted by Crippen LogP contribution is -2.48. The molecule has 2 N–H and O–H groups in total. The fraction of sp³-hybridized carbons (Fsp3) is 0.455. The molecule has 1 fully saturated rings. The van der Waals surface area contributed by atoms with Gasteiger partial charge >= 0.3 is 6.03 Å². The van der Waals surface area contributed by atoms with Crippen molar-refractivity contribution >= 4 is 21.6 Å². The molecule has 1 aliphatic heterocycles. The highest BCUT2D eigenvalue weighted by Crippen LogP contribution is 2.22. The molecule has 1 aliphatic rings. The third-order valence-electron chi connectivity index (χ3n) is 2.84. The van der Waals surface area contributed by atoms with Gasteiger partial charge in [0, 0.05) is 6.20 Å².